The molecule has 2 bridgehead atoms. The van der Waals surface area contributed by atoms with E-state index in [1.54, 1.807) is 0 Å². The number of fused-ring (bicyclic) bond motifs is 2. The van der Waals surface area contributed by atoms with Gasteiger partial charge in [0.25, 0.3) is 0 Å². The molecule has 2 atom stereocenters. The van der Waals surface area contributed by atoms with Crippen molar-refractivity contribution in [2.24, 2.45) is 5.92 Å². The number of esters is 1. The van der Waals surface area contributed by atoms with Crippen molar-refractivity contribution in [1.82, 2.24) is 4.90 Å². The molecule has 0 aromatic heterocycles. The zero-order valence-corrected chi connectivity index (χ0v) is 7.19. The first-order valence-electron chi connectivity index (χ1n) is 4.29. The molecule has 1 aliphatic heterocycles. The Balaban J connectivity index is 1.91. The van der Waals surface area contributed by atoms with Crippen LogP contribution in [0.4, 0.5) is 0 Å². The van der Waals surface area contributed by atoms with Gasteiger partial charge >= 0.3 is 5.97 Å². The van der Waals surface area contributed by atoms with Gasteiger partial charge in [-0.2, -0.15) is 0 Å². The van der Waals surface area contributed by atoms with E-state index in [0.29, 0.717) is 18.5 Å². The number of nitrogens with zero attached hydrogens (tertiary/aromatic N) is 1. The molecule has 2 aliphatic rings. The molecule has 3 nitrogen and oxygen atoms in total. The summed E-state index contributed by atoms with van der Waals surface area (Å²) in [6, 6.07) is 0.495. The summed E-state index contributed by atoms with van der Waals surface area (Å²) in [5, 5.41) is 0. The topological polar surface area (TPSA) is 29.5 Å². The van der Waals surface area contributed by atoms with E-state index in [2.05, 4.69) is 21.8 Å². The van der Waals surface area contributed by atoms with Crippen molar-refractivity contribution in [2.45, 2.75) is 12.5 Å². The Hall–Kier alpha value is -0.830. The summed E-state index contributed by atoms with van der Waals surface area (Å²) in [5.74, 6) is 0.551. The summed E-state index contributed by atoms with van der Waals surface area (Å²) < 4.78 is 4.62. The van der Waals surface area contributed by atoms with Crippen molar-refractivity contribution in [3.05, 3.63) is 12.2 Å². The van der Waals surface area contributed by atoms with Crippen LogP contribution in [0, 0.1) is 5.92 Å². The smallest absolute Gasteiger partial charge is 0.319 e. The van der Waals surface area contributed by atoms with Crippen molar-refractivity contribution < 1.29 is 9.53 Å². The van der Waals surface area contributed by atoms with E-state index >= 15 is 0 Å². The van der Waals surface area contributed by atoms with Crippen LogP contribution in [0.25, 0.3) is 0 Å². The van der Waals surface area contributed by atoms with E-state index in [1.165, 1.54) is 13.5 Å². The van der Waals surface area contributed by atoms with Crippen LogP contribution in [0.3, 0.4) is 0 Å². The van der Waals surface area contributed by atoms with Gasteiger partial charge in [-0.3, -0.25) is 9.69 Å². The highest BCUT2D eigenvalue weighted by atomic mass is 16.5. The standard InChI is InChI=1S/C9H13NO2/c1-12-9(11)6-10-5-7-2-3-8(10)4-7/h2-3,7-8H,4-6H2,1H3/t7-,8+/m1/s1. The molecular formula is C9H13NO2. The highest BCUT2D eigenvalue weighted by molar-refractivity contribution is 5.71. The number of ether oxygens (including phenoxy) is 1. The molecule has 0 N–H and O–H groups in total. The number of rotatable bonds is 2. The fourth-order valence-electron chi connectivity index (χ4n) is 2.01. The average molecular weight is 167 g/mol. The van der Waals surface area contributed by atoms with Gasteiger partial charge in [0.05, 0.1) is 13.7 Å². The first-order valence-corrected chi connectivity index (χ1v) is 4.29. The molecule has 1 saturated heterocycles. The van der Waals surface area contributed by atoms with Crippen LogP contribution < -0.4 is 0 Å². The summed E-state index contributed by atoms with van der Waals surface area (Å²) >= 11 is 0. The Labute approximate surface area is 72.0 Å². The summed E-state index contributed by atoms with van der Waals surface area (Å²) in [6.45, 7) is 1.47. The van der Waals surface area contributed by atoms with E-state index in [0.717, 1.165) is 6.54 Å². The number of hydrogen-bond acceptors (Lipinski definition) is 3. The number of carbonyl (C=O) groups excluding carboxylic acids is 1. The van der Waals surface area contributed by atoms with Gasteiger partial charge in [0.1, 0.15) is 0 Å². The summed E-state index contributed by atoms with van der Waals surface area (Å²) in [4.78, 5) is 13.1. The largest absolute Gasteiger partial charge is 0.468 e. The Bertz CT molecular complexity index is 225. The van der Waals surface area contributed by atoms with Gasteiger partial charge in [0, 0.05) is 12.6 Å². The monoisotopic (exact) mass is 167 g/mol. The molecule has 1 aliphatic carbocycles. The number of carbonyl (C=O) groups is 1. The molecular weight excluding hydrogens is 154 g/mol. The molecule has 1 fully saturated rings. The molecule has 2 rings (SSSR count). The second-order valence-electron chi connectivity index (χ2n) is 3.45. The Morgan fingerprint density at radius 3 is 3.00 bits per heavy atom. The van der Waals surface area contributed by atoms with Crippen molar-refractivity contribution in [3.8, 4) is 0 Å². The van der Waals surface area contributed by atoms with Crippen molar-refractivity contribution >= 4 is 5.97 Å². The fourth-order valence-corrected chi connectivity index (χ4v) is 2.01. The number of methoxy groups -OCH3 is 1. The Kier molecular flexibility index (Phi) is 1.89. The van der Waals surface area contributed by atoms with Gasteiger partial charge in [-0.05, 0) is 12.3 Å². The fraction of sp³-hybridized carbons (Fsp3) is 0.667. The van der Waals surface area contributed by atoms with Crippen LogP contribution in [0.15, 0.2) is 12.2 Å². The maximum absolute atomic E-state index is 11.0. The maximum atomic E-state index is 11.0. The normalized spacial score (nSPS) is 32.8. The van der Waals surface area contributed by atoms with Gasteiger partial charge < -0.3 is 4.74 Å². The summed E-state index contributed by atoms with van der Waals surface area (Å²) in [5.41, 5.74) is 0. The zero-order valence-electron chi connectivity index (χ0n) is 7.19. The highest BCUT2D eigenvalue weighted by Gasteiger charge is 2.34. The van der Waals surface area contributed by atoms with Gasteiger partial charge in [-0.25, -0.2) is 0 Å². The van der Waals surface area contributed by atoms with Gasteiger partial charge in [0.15, 0.2) is 0 Å². The second-order valence-corrected chi connectivity index (χ2v) is 3.45. The molecule has 1 heterocycles. The molecule has 12 heavy (non-hydrogen) atoms. The van der Waals surface area contributed by atoms with E-state index in [4.69, 9.17) is 0 Å². The molecule has 0 radical (unpaired) electrons. The Morgan fingerprint density at radius 2 is 2.50 bits per heavy atom. The quantitative estimate of drug-likeness (QED) is 0.441. The third kappa shape index (κ3) is 1.25. The summed E-state index contributed by atoms with van der Waals surface area (Å²) in [6.07, 6.45) is 5.63. The van der Waals surface area contributed by atoms with Gasteiger partial charge in [0.2, 0.25) is 0 Å². The maximum Gasteiger partial charge on any atom is 0.319 e. The molecule has 3 heteroatoms. The van der Waals surface area contributed by atoms with E-state index in [9.17, 15) is 4.79 Å². The van der Waals surface area contributed by atoms with Crippen LogP contribution in [0.1, 0.15) is 6.42 Å². The van der Waals surface area contributed by atoms with E-state index < -0.39 is 0 Å². The summed E-state index contributed by atoms with van der Waals surface area (Å²) in [7, 11) is 1.44. The molecule has 0 aromatic rings. The van der Waals surface area contributed by atoms with Crippen LogP contribution in [-0.4, -0.2) is 37.1 Å². The van der Waals surface area contributed by atoms with Crippen LogP contribution in [0.2, 0.25) is 0 Å². The first-order chi connectivity index (χ1) is 5.79. The average Bonchev–Trinajstić information content (AvgIpc) is 2.64. The molecule has 66 valence electrons. The minimum atomic E-state index is -0.129. The SMILES string of the molecule is COC(=O)CN1C[C@@H]2C=C[C@H]1C2. The number of likely N-dealkylation sites (tertiary alicyclic amines) is 1. The molecule has 0 saturated carbocycles. The Morgan fingerprint density at radius 1 is 1.67 bits per heavy atom. The van der Waals surface area contributed by atoms with Gasteiger partial charge in [-0.15, -0.1) is 0 Å². The minimum Gasteiger partial charge on any atom is -0.468 e. The zero-order chi connectivity index (χ0) is 8.55. The lowest BCUT2D eigenvalue weighted by Gasteiger charge is -2.21. The van der Waals surface area contributed by atoms with E-state index in [1.807, 2.05) is 0 Å². The molecule has 0 spiro atoms. The minimum absolute atomic E-state index is 0.129. The van der Waals surface area contributed by atoms with E-state index in [-0.39, 0.29) is 5.97 Å². The van der Waals surface area contributed by atoms with Crippen molar-refractivity contribution in [1.29, 1.82) is 0 Å². The van der Waals surface area contributed by atoms with Crippen molar-refractivity contribution in [2.75, 3.05) is 20.2 Å². The van der Waals surface area contributed by atoms with Gasteiger partial charge in [-0.1, -0.05) is 12.2 Å². The highest BCUT2D eigenvalue weighted by Crippen LogP contribution is 2.30. The predicted octanol–water partition coefficient (Wildman–Crippen LogP) is 0.420. The first kappa shape index (κ1) is 7.80. The second kappa shape index (κ2) is 2.90. The number of hydrogen-bond donors (Lipinski definition) is 0. The predicted molar refractivity (Wildman–Crippen MR) is 44.6 cm³/mol. The van der Waals surface area contributed by atoms with Crippen LogP contribution >= 0.6 is 0 Å². The molecule has 0 amide bonds. The molecule has 0 aromatic carbocycles. The lowest BCUT2D eigenvalue weighted by Crippen LogP contribution is -2.35. The lowest BCUT2D eigenvalue weighted by atomic mass is 10.2. The van der Waals surface area contributed by atoms with Crippen LogP contribution in [-0.2, 0) is 9.53 Å². The lowest BCUT2D eigenvalue weighted by molar-refractivity contribution is -0.142. The van der Waals surface area contributed by atoms with Crippen molar-refractivity contribution in [3.63, 3.8) is 0 Å². The van der Waals surface area contributed by atoms with Crippen LogP contribution in [0.5, 0.6) is 0 Å². The third-order valence-corrected chi connectivity index (χ3v) is 2.65. The third-order valence-electron chi connectivity index (χ3n) is 2.65. The molecule has 0 unspecified atom stereocenters.